The van der Waals surface area contributed by atoms with Crippen molar-refractivity contribution in [1.82, 2.24) is 4.90 Å². The predicted molar refractivity (Wildman–Crippen MR) is 67.1 cm³/mol. The average molecular weight is 226 g/mol. The van der Waals surface area contributed by atoms with E-state index in [1.807, 2.05) is 0 Å². The monoisotopic (exact) mass is 226 g/mol. The molecule has 0 aromatic heterocycles. The summed E-state index contributed by atoms with van der Waals surface area (Å²) in [6, 6.07) is 0.488. The smallest absolute Gasteiger partial charge is 0.222 e. The van der Waals surface area contributed by atoms with Gasteiger partial charge in [0, 0.05) is 19.0 Å². The first-order valence-electron chi connectivity index (χ1n) is 6.66. The van der Waals surface area contributed by atoms with Gasteiger partial charge in [0.05, 0.1) is 0 Å². The topological polar surface area (TPSA) is 46.3 Å². The molecule has 3 heteroatoms. The van der Waals surface area contributed by atoms with Crippen LogP contribution in [0, 0.1) is 5.92 Å². The Kier molecular flexibility index (Phi) is 5.81. The first kappa shape index (κ1) is 13.5. The van der Waals surface area contributed by atoms with E-state index in [1.54, 1.807) is 0 Å². The molecular formula is C13H26N2O. The lowest BCUT2D eigenvalue weighted by atomic mass is 10.0. The number of likely N-dealkylation sites (tertiary alicyclic amines) is 1. The summed E-state index contributed by atoms with van der Waals surface area (Å²) in [5, 5.41) is 0. The van der Waals surface area contributed by atoms with Crippen LogP contribution in [-0.4, -0.2) is 29.9 Å². The summed E-state index contributed by atoms with van der Waals surface area (Å²) in [7, 11) is 0. The Morgan fingerprint density at radius 3 is 2.75 bits per heavy atom. The zero-order valence-electron chi connectivity index (χ0n) is 10.7. The molecule has 1 unspecified atom stereocenters. The lowest BCUT2D eigenvalue weighted by Gasteiger charge is -2.27. The summed E-state index contributed by atoms with van der Waals surface area (Å²) in [6.07, 6.45) is 6.20. The van der Waals surface area contributed by atoms with E-state index >= 15 is 0 Å². The molecule has 0 bridgehead atoms. The Morgan fingerprint density at radius 1 is 1.38 bits per heavy atom. The first-order valence-corrected chi connectivity index (χ1v) is 6.66. The number of nitrogens with two attached hydrogens (primary N) is 1. The number of unbranched alkanes of at least 4 members (excludes halogenated alkanes) is 2. The molecule has 0 radical (unpaired) electrons. The molecule has 1 rings (SSSR count). The lowest BCUT2D eigenvalue weighted by Crippen LogP contribution is -2.38. The Morgan fingerprint density at radius 2 is 2.12 bits per heavy atom. The third-order valence-corrected chi connectivity index (χ3v) is 3.48. The molecule has 2 N–H and O–H groups in total. The normalized spacial score (nSPS) is 20.8. The maximum Gasteiger partial charge on any atom is 0.222 e. The highest BCUT2D eigenvalue weighted by atomic mass is 16.2. The Hall–Kier alpha value is -0.570. The van der Waals surface area contributed by atoms with Gasteiger partial charge in [0.25, 0.3) is 0 Å². The van der Waals surface area contributed by atoms with Gasteiger partial charge in [0.2, 0.25) is 5.91 Å². The average Bonchev–Trinajstić information content (AvgIpc) is 2.73. The maximum absolute atomic E-state index is 12.0. The molecule has 0 aromatic carbocycles. The predicted octanol–water partition coefficient (Wildman–Crippen LogP) is 2.15. The number of rotatable bonds is 6. The van der Waals surface area contributed by atoms with Gasteiger partial charge in [0.15, 0.2) is 0 Å². The molecular weight excluding hydrogens is 200 g/mol. The van der Waals surface area contributed by atoms with Crippen LogP contribution in [0.5, 0.6) is 0 Å². The van der Waals surface area contributed by atoms with Gasteiger partial charge in [-0.15, -0.1) is 0 Å². The van der Waals surface area contributed by atoms with Crippen LogP contribution in [0.4, 0.5) is 0 Å². The number of nitrogens with zero attached hydrogens (tertiary/aromatic N) is 1. The lowest BCUT2D eigenvalue weighted by molar-refractivity contribution is -0.132. The zero-order valence-corrected chi connectivity index (χ0v) is 10.7. The molecule has 0 aliphatic carbocycles. The van der Waals surface area contributed by atoms with Crippen molar-refractivity contribution >= 4 is 5.91 Å². The molecule has 16 heavy (non-hydrogen) atoms. The van der Waals surface area contributed by atoms with Gasteiger partial charge >= 0.3 is 0 Å². The quantitative estimate of drug-likeness (QED) is 0.705. The number of amides is 1. The fraction of sp³-hybridized carbons (Fsp3) is 0.923. The minimum atomic E-state index is 0.355. The van der Waals surface area contributed by atoms with Gasteiger partial charge < -0.3 is 10.6 Å². The fourth-order valence-electron chi connectivity index (χ4n) is 2.54. The van der Waals surface area contributed by atoms with Gasteiger partial charge in [-0.2, -0.15) is 0 Å². The van der Waals surface area contributed by atoms with Crippen molar-refractivity contribution in [3.8, 4) is 0 Å². The summed E-state index contributed by atoms with van der Waals surface area (Å²) in [5.74, 6) is 0.948. The molecule has 0 saturated carbocycles. The van der Waals surface area contributed by atoms with Gasteiger partial charge in [0.1, 0.15) is 0 Å². The minimum absolute atomic E-state index is 0.355. The Balaban J connectivity index is 2.29. The first-order chi connectivity index (χ1) is 7.66. The zero-order chi connectivity index (χ0) is 12.0. The van der Waals surface area contributed by atoms with Crippen molar-refractivity contribution < 1.29 is 4.79 Å². The molecule has 1 fully saturated rings. The van der Waals surface area contributed by atoms with Gasteiger partial charge in [-0.05, 0) is 38.1 Å². The van der Waals surface area contributed by atoms with Gasteiger partial charge in [-0.1, -0.05) is 20.3 Å². The standard InChI is InChI=1S/C13H26N2O/c1-11(2)12-7-6-10-15(12)13(16)8-4-3-5-9-14/h11-12H,3-10,14H2,1-2H3. The van der Waals surface area contributed by atoms with Crippen molar-refractivity contribution in [3.05, 3.63) is 0 Å². The van der Waals surface area contributed by atoms with E-state index in [9.17, 15) is 4.79 Å². The van der Waals surface area contributed by atoms with Crippen molar-refractivity contribution in [2.24, 2.45) is 11.7 Å². The van der Waals surface area contributed by atoms with E-state index in [0.717, 1.165) is 32.4 Å². The summed E-state index contributed by atoms with van der Waals surface area (Å²) in [6.45, 7) is 6.14. The molecule has 0 aromatic rings. The molecule has 3 nitrogen and oxygen atoms in total. The maximum atomic E-state index is 12.0. The second kappa shape index (κ2) is 6.89. The van der Waals surface area contributed by atoms with Crippen LogP contribution >= 0.6 is 0 Å². The molecule has 1 aliphatic rings. The molecule has 1 heterocycles. The fourth-order valence-corrected chi connectivity index (χ4v) is 2.54. The number of carbonyl (C=O) groups is 1. The Labute approximate surface area is 99.4 Å². The highest BCUT2D eigenvalue weighted by Crippen LogP contribution is 2.24. The van der Waals surface area contributed by atoms with E-state index in [1.165, 1.54) is 12.8 Å². The van der Waals surface area contributed by atoms with E-state index in [-0.39, 0.29) is 0 Å². The highest BCUT2D eigenvalue weighted by molar-refractivity contribution is 5.76. The van der Waals surface area contributed by atoms with E-state index in [2.05, 4.69) is 18.7 Å². The number of hydrogen-bond acceptors (Lipinski definition) is 2. The largest absolute Gasteiger partial charge is 0.339 e. The number of hydrogen-bond donors (Lipinski definition) is 1. The second-order valence-electron chi connectivity index (χ2n) is 5.14. The van der Waals surface area contributed by atoms with Gasteiger partial charge in [-0.3, -0.25) is 4.79 Å². The van der Waals surface area contributed by atoms with Crippen LogP contribution < -0.4 is 5.73 Å². The van der Waals surface area contributed by atoms with Crippen molar-refractivity contribution in [3.63, 3.8) is 0 Å². The van der Waals surface area contributed by atoms with Crippen LogP contribution in [0.25, 0.3) is 0 Å². The van der Waals surface area contributed by atoms with Gasteiger partial charge in [-0.25, -0.2) is 0 Å². The summed E-state index contributed by atoms with van der Waals surface area (Å²) in [5.41, 5.74) is 5.43. The van der Waals surface area contributed by atoms with E-state index in [4.69, 9.17) is 5.73 Å². The van der Waals surface area contributed by atoms with Crippen LogP contribution in [0.2, 0.25) is 0 Å². The third kappa shape index (κ3) is 3.78. The van der Waals surface area contributed by atoms with Crippen LogP contribution in [0.1, 0.15) is 52.4 Å². The second-order valence-corrected chi connectivity index (χ2v) is 5.14. The van der Waals surface area contributed by atoms with Crippen molar-refractivity contribution in [1.29, 1.82) is 0 Å². The van der Waals surface area contributed by atoms with Crippen molar-refractivity contribution in [2.75, 3.05) is 13.1 Å². The van der Waals surface area contributed by atoms with Crippen LogP contribution in [0.3, 0.4) is 0 Å². The SMILES string of the molecule is CC(C)C1CCCN1C(=O)CCCCCN. The summed E-state index contributed by atoms with van der Waals surface area (Å²) in [4.78, 5) is 14.1. The molecule has 1 saturated heterocycles. The van der Waals surface area contributed by atoms with Crippen LogP contribution in [0.15, 0.2) is 0 Å². The Bertz CT molecular complexity index is 216. The highest BCUT2D eigenvalue weighted by Gasteiger charge is 2.29. The molecule has 1 amide bonds. The van der Waals surface area contributed by atoms with Crippen LogP contribution in [-0.2, 0) is 4.79 Å². The third-order valence-electron chi connectivity index (χ3n) is 3.48. The number of carbonyl (C=O) groups excluding carboxylic acids is 1. The molecule has 0 spiro atoms. The van der Waals surface area contributed by atoms with E-state index in [0.29, 0.717) is 24.3 Å². The summed E-state index contributed by atoms with van der Waals surface area (Å²) < 4.78 is 0. The minimum Gasteiger partial charge on any atom is -0.339 e. The van der Waals surface area contributed by atoms with E-state index < -0.39 is 0 Å². The molecule has 1 aliphatic heterocycles. The summed E-state index contributed by atoms with van der Waals surface area (Å²) >= 11 is 0. The molecule has 94 valence electrons. The van der Waals surface area contributed by atoms with Crippen molar-refractivity contribution in [2.45, 2.75) is 58.4 Å². The molecule has 1 atom stereocenters.